The zero-order valence-corrected chi connectivity index (χ0v) is 15.6. The summed E-state index contributed by atoms with van der Waals surface area (Å²) in [5, 5.41) is 4.79. The lowest BCUT2D eigenvalue weighted by Crippen LogP contribution is -2.42. The van der Waals surface area contributed by atoms with Crippen molar-refractivity contribution in [3.8, 4) is 0 Å². The average molecular weight is 438 g/mol. The van der Waals surface area contributed by atoms with Gasteiger partial charge in [-0.1, -0.05) is 28.1 Å². The van der Waals surface area contributed by atoms with Gasteiger partial charge < -0.3 is 10.6 Å². The van der Waals surface area contributed by atoms with E-state index in [0.717, 1.165) is 21.5 Å². The summed E-state index contributed by atoms with van der Waals surface area (Å²) >= 11 is 3.31. The molecule has 0 spiro atoms. The van der Waals surface area contributed by atoms with Crippen molar-refractivity contribution in [1.29, 1.82) is 0 Å². The smallest absolute Gasteiger partial charge is 0.322 e. The van der Waals surface area contributed by atoms with Crippen LogP contribution in [0.25, 0.3) is 0 Å². The summed E-state index contributed by atoms with van der Waals surface area (Å²) < 4.78 is 27.3. The lowest BCUT2D eigenvalue weighted by Gasteiger charge is -2.22. The lowest BCUT2D eigenvalue weighted by atomic mass is 9.92. The van der Waals surface area contributed by atoms with Crippen LogP contribution in [0.1, 0.15) is 12.5 Å². The fourth-order valence-electron chi connectivity index (χ4n) is 2.76. The van der Waals surface area contributed by atoms with Crippen LogP contribution in [0, 0.1) is 11.6 Å². The van der Waals surface area contributed by atoms with Gasteiger partial charge >= 0.3 is 6.03 Å². The Kier molecular flexibility index (Phi) is 4.97. The van der Waals surface area contributed by atoms with E-state index in [0.29, 0.717) is 11.6 Å². The number of nitrogens with one attached hydrogen (secondary N) is 2. The van der Waals surface area contributed by atoms with Crippen LogP contribution in [-0.2, 0) is 15.1 Å². The molecule has 2 aromatic carbocycles. The largest absolute Gasteiger partial charge is 0.325 e. The maximum atomic E-state index is 13.6. The van der Waals surface area contributed by atoms with Gasteiger partial charge in [0.2, 0.25) is 5.91 Å². The zero-order chi connectivity index (χ0) is 19.8. The van der Waals surface area contributed by atoms with Crippen molar-refractivity contribution in [1.82, 2.24) is 10.2 Å². The first-order chi connectivity index (χ1) is 12.7. The second-order valence-electron chi connectivity index (χ2n) is 6.13. The summed E-state index contributed by atoms with van der Waals surface area (Å²) in [5.41, 5.74) is -1.03. The van der Waals surface area contributed by atoms with Gasteiger partial charge in [-0.05, 0) is 36.8 Å². The van der Waals surface area contributed by atoms with Gasteiger partial charge in [0.25, 0.3) is 5.91 Å². The summed E-state index contributed by atoms with van der Waals surface area (Å²) in [6, 6.07) is 8.78. The van der Waals surface area contributed by atoms with Crippen molar-refractivity contribution in [2.24, 2.45) is 0 Å². The fraction of sp³-hybridized carbons (Fsp3) is 0.167. The highest BCUT2D eigenvalue weighted by atomic mass is 79.9. The Bertz CT molecular complexity index is 953. The molecule has 1 aliphatic heterocycles. The molecule has 140 valence electrons. The summed E-state index contributed by atoms with van der Waals surface area (Å²) in [6.07, 6.45) is 0. The van der Waals surface area contributed by atoms with E-state index >= 15 is 0 Å². The molecule has 4 amide bonds. The predicted molar refractivity (Wildman–Crippen MR) is 96.7 cm³/mol. The van der Waals surface area contributed by atoms with Gasteiger partial charge in [0.05, 0.1) is 5.69 Å². The second-order valence-corrected chi connectivity index (χ2v) is 7.04. The number of urea groups is 1. The number of anilines is 1. The van der Waals surface area contributed by atoms with Crippen LogP contribution in [0.15, 0.2) is 46.9 Å². The van der Waals surface area contributed by atoms with Crippen LogP contribution in [0.2, 0.25) is 0 Å². The number of imide groups is 1. The zero-order valence-electron chi connectivity index (χ0n) is 14.1. The molecule has 1 fully saturated rings. The Labute approximate surface area is 161 Å². The molecular formula is C18H14BrF2N3O3. The summed E-state index contributed by atoms with van der Waals surface area (Å²) in [6.45, 7) is 0.928. The molecule has 1 saturated heterocycles. The lowest BCUT2D eigenvalue weighted by molar-refractivity contribution is -0.133. The third-order valence-corrected chi connectivity index (χ3v) is 4.68. The van der Waals surface area contributed by atoms with Gasteiger partial charge in [0, 0.05) is 10.5 Å². The van der Waals surface area contributed by atoms with E-state index in [1.54, 1.807) is 24.3 Å². The third kappa shape index (κ3) is 3.68. The number of rotatable bonds is 4. The van der Waals surface area contributed by atoms with Gasteiger partial charge in [-0.25, -0.2) is 13.6 Å². The molecule has 2 N–H and O–H groups in total. The first-order valence-electron chi connectivity index (χ1n) is 7.86. The van der Waals surface area contributed by atoms with E-state index in [1.807, 2.05) is 0 Å². The summed E-state index contributed by atoms with van der Waals surface area (Å²) in [7, 11) is 0. The van der Waals surface area contributed by atoms with Crippen LogP contribution in [0.4, 0.5) is 19.3 Å². The van der Waals surface area contributed by atoms with E-state index in [2.05, 4.69) is 26.6 Å². The van der Waals surface area contributed by atoms with Gasteiger partial charge in [0.1, 0.15) is 23.7 Å². The molecule has 0 radical (unpaired) electrons. The minimum Gasteiger partial charge on any atom is -0.322 e. The van der Waals surface area contributed by atoms with Crippen molar-refractivity contribution in [2.75, 3.05) is 11.9 Å². The summed E-state index contributed by atoms with van der Waals surface area (Å²) in [4.78, 5) is 37.9. The predicted octanol–water partition coefficient (Wildman–Crippen LogP) is 3.13. The van der Waals surface area contributed by atoms with Gasteiger partial charge in [-0.3, -0.25) is 14.5 Å². The molecule has 27 heavy (non-hydrogen) atoms. The molecule has 2 aromatic rings. The maximum absolute atomic E-state index is 13.6. The van der Waals surface area contributed by atoms with Gasteiger partial charge in [-0.15, -0.1) is 0 Å². The van der Waals surface area contributed by atoms with Crippen LogP contribution in [0.3, 0.4) is 0 Å². The molecule has 1 heterocycles. The molecule has 0 saturated carbocycles. The maximum Gasteiger partial charge on any atom is 0.325 e. The quantitative estimate of drug-likeness (QED) is 0.721. The van der Waals surface area contributed by atoms with Crippen LogP contribution in [0.5, 0.6) is 0 Å². The van der Waals surface area contributed by atoms with Crippen LogP contribution in [-0.4, -0.2) is 29.3 Å². The minimum absolute atomic E-state index is 0.247. The average Bonchev–Trinajstić information content (AvgIpc) is 2.82. The normalized spacial score (nSPS) is 19.2. The minimum atomic E-state index is -1.33. The highest BCUT2D eigenvalue weighted by Gasteiger charge is 2.49. The van der Waals surface area contributed by atoms with E-state index in [1.165, 1.54) is 6.92 Å². The molecule has 1 aliphatic rings. The Hall–Kier alpha value is -2.81. The number of amides is 4. The number of hydrogen-bond donors (Lipinski definition) is 2. The molecule has 0 bridgehead atoms. The van der Waals surface area contributed by atoms with Crippen molar-refractivity contribution in [3.63, 3.8) is 0 Å². The topological polar surface area (TPSA) is 78.5 Å². The van der Waals surface area contributed by atoms with E-state index < -0.39 is 41.6 Å². The molecule has 0 aromatic heterocycles. The van der Waals surface area contributed by atoms with Crippen LogP contribution >= 0.6 is 15.9 Å². The molecule has 3 rings (SSSR count). The Morgan fingerprint density at radius 3 is 2.63 bits per heavy atom. The van der Waals surface area contributed by atoms with E-state index in [4.69, 9.17) is 0 Å². The molecular weight excluding hydrogens is 424 g/mol. The molecule has 1 atom stereocenters. The SMILES string of the molecule is C[C@]1(c2cccc(Br)c2)NC(=O)N(CC(=O)Nc2ccc(F)cc2F)C1=O. The monoisotopic (exact) mass is 437 g/mol. The standard InChI is InChI=1S/C18H14BrF2N3O3/c1-18(10-3-2-4-11(19)7-10)16(26)24(17(27)23-18)9-15(25)22-14-6-5-12(20)8-13(14)21/h2-8H,9H2,1H3,(H,22,25)(H,23,27)/t18-/m1/s1. The van der Waals surface area contributed by atoms with Crippen LogP contribution < -0.4 is 10.6 Å². The third-order valence-electron chi connectivity index (χ3n) is 4.18. The highest BCUT2D eigenvalue weighted by Crippen LogP contribution is 2.30. The van der Waals surface area contributed by atoms with Crippen molar-refractivity contribution < 1.29 is 23.2 Å². The first kappa shape index (κ1) is 19.0. The number of carbonyl (C=O) groups excluding carboxylic acids is 3. The summed E-state index contributed by atoms with van der Waals surface area (Å²) in [5.74, 6) is -3.15. The number of hydrogen-bond acceptors (Lipinski definition) is 3. The fourth-order valence-corrected chi connectivity index (χ4v) is 3.16. The Morgan fingerprint density at radius 2 is 1.96 bits per heavy atom. The molecule has 9 heteroatoms. The molecule has 0 aliphatic carbocycles. The van der Waals surface area contributed by atoms with Gasteiger partial charge in [0.15, 0.2) is 0 Å². The van der Waals surface area contributed by atoms with Gasteiger partial charge in [-0.2, -0.15) is 0 Å². The number of benzene rings is 2. The molecule has 0 unspecified atom stereocenters. The van der Waals surface area contributed by atoms with Crippen molar-refractivity contribution >= 4 is 39.5 Å². The first-order valence-corrected chi connectivity index (χ1v) is 8.65. The van der Waals surface area contributed by atoms with E-state index in [-0.39, 0.29) is 5.69 Å². The van der Waals surface area contributed by atoms with Crippen molar-refractivity contribution in [3.05, 3.63) is 64.1 Å². The van der Waals surface area contributed by atoms with E-state index in [9.17, 15) is 23.2 Å². The molecule has 6 nitrogen and oxygen atoms in total. The Balaban J connectivity index is 1.76. The number of nitrogens with zero attached hydrogens (tertiary/aromatic N) is 1. The second kappa shape index (κ2) is 7.07. The number of carbonyl (C=O) groups is 3. The highest BCUT2D eigenvalue weighted by molar-refractivity contribution is 9.10. The number of halogens is 3. The Morgan fingerprint density at radius 1 is 1.22 bits per heavy atom. The van der Waals surface area contributed by atoms with Crippen molar-refractivity contribution in [2.45, 2.75) is 12.5 Å².